The van der Waals surface area contributed by atoms with Gasteiger partial charge in [0.2, 0.25) is 0 Å². The topological polar surface area (TPSA) is 29.5 Å². The summed E-state index contributed by atoms with van der Waals surface area (Å²) >= 11 is 4.08. The van der Waals surface area contributed by atoms with Crippen LogP contribution in [0.25, 0.3) is 0 Å². The van der Waals surface area contributed by atoms with Crippen LogP contribution in [0.1, 0.15) is 13.3 Å². The first-order valence-electron chi connectivity index (χ1n) is 2.51. The first-order chi connectivity index (χ1) is 3.62. The molecule has 0 radical (unpaired) electrons. The van der Waals surface area contributed by atoms with Gasteiger partial charge in [-0.15, -0.1) is 12.6 Å². The van der Waals surface area contributed by atoms with Crippen molar-refractivity contribution in [2.45, 2.75) is 18.3 Å². The van der Waals surface area contributed by atoms with Crippen LogP contribution < -0.4 is 0 Å². The second kappa shape index (κ2) is 3.33. The number of ether oxygens (including phenoxy) is 1. The lowest BCUT2D eigenvalue weighted by Gasteiger charge is -2.19. The van der Waals surface area contributed by atoms with Gasteiger partial charge in [-0.25, -0.2) is 0 Å². The molecule has 0 aliphatic rings. The first kappa shape index (κ1) is 8.27. The molecule has 0 spiro atoms. The fourth-order valence-electron chi connectivity index (χ4n) is 0.310. The summed E-state index contributed by atoms with van der Waals surface area (Å²) in [6.07, 6.45) is 0.562. The lowest BCUT2D eigenvalue weighted by atomic mass is 10.3. The fourth-order valence-corrected chi connectivity index (χ4v) is 0.410. The Balaban J connectivity index is 3.37. The maximum Gasteiger partial charge on any atom is 0.109 e. The molecule has 0 aliphatic heterocycles. The van der Waals surface area contributed by atoms with E-state index in [1.54, 1.807) is 7.11 Å². The van der Waals surface area contributed by atoms with Crippen molar-refractivity contribution in [1.82, 2.24) is 0 Å². The van der Waals surface area contributed by atoms with Crippen LogP contribution in [0, 0.1) is 0 Å². The van der Waals surface area contributed by atoms with E-state index < -0.39 is 4.93 Å². The summed E-state index contributed by atoms with van der Waals surface area (Å²) in [6, 6.07) is 0. The molecule has 1 atom stereocenters. The summed E-state index contributed by atoms with van der Waals surface area (Å²) in [4.78, 5) is -0.464. The number of methoxy groups -OCH3 is 1. The molecule has 0 amide bonds. The number of hydrogen-bond acceptors (Lipinski definition) is 3. The third-order valence-electron chi connectivity index (χ3n) is 1.02. The molecule has 8 heavy (non-hydrogen) atoms. The van der Waals surface area contributed by atoms with Crippen LogP contribution in [0.4, 0.5) is 0 Å². The predicted molar refractivity (Wildman–Crippen MR) is 36.1 cm³/mol. The maximum absolute atomic E-state index is 8.40. The van der Waals surface area contributed by atoms with Crippen LogP contribution in [-0.2, 0) is 4.74 Å². The van der Waals surface area contributed by atoms with Gasteiger partial charge in [-0.05, 0) is 6.92 Å². The van der Waals surface area contributed by atoms with Crippen molar-refractivity contribution in [2.24, 2.45) is 0 Å². The van der Waals surface area contributed by atoms with E-state index in [0.717, 1.165) is 0 Å². The standard InChI is InChI=1S/C5H12O2S/c1-5(8,7-2)3-4-6/h6,8H,3-4H2,1-2H3. The molecule has 1 unspecified atom stereocenters. The minimum atomic E-state index is -0.464. The van der Waals surface area contributed by atoms with Gasteiger partial charge in [0, 0.05) is 20.1 Å². The van der Waals surface area contributed by atoms with Gasteiger partial charge in [-0.3, -0.25) is 0 Å². The molecule has 1 N–H and O–H groups in total. The van der Waals surface area contributed by atoms with Crippen molar-refractivity contribution >= 4 is 12.6 Å². The van der Waals surface area contributed by atoms with Gasteiger partial charge in [0.05, 0.1) is 0 Å². The Kier molecular flexibility index (Phi) is 3.44. The number of aliphatic hydroxyl groups is 1. The van der Waals surface area contributed by atoms with Gasteiger partial charge in [0.25, 0.3) is 0 Å². The van der Waals surface area contributed by atoms with Crippen LogP contribution >= 0.6 is 12.6 Å². The van der Waals surface area contributed by atoms with E-state index >= 15 is 0 Å². The number of thiol groups is 1. The van der Waals surface area contributed by atoms with Crippen molar-refractivity contribution in [3.63, 3.8) is 0 Å². The quantitative estimate of drug-likeness (QED) is 0.441. The fraction of sp³-hybridized carbons (Fsp3) is 1.00. The lowest BCUT2D eigenvalue weighted by molar-refractivity contribution is 0.0648. The molecule has 0 fully saturated rings. The van der Waals surface area contributed by atoms with E-state index in [0.29, 0.717) is 6.42 Å². The Morgan fingerprint density at radius 1 is 1.75 bits per heavy atom. The van der Waals surface area contributed by atoms with Crippen LogP contribution in [0.5, 0.6) is 0 Å². The van der Waals surface area contributed by atoms with Crippen LogP contribution in [0.15, 0.2) is 0 Å². The minimum absolute atomic E-state index is 0.119. The summed E-state index contributed by atoms with van der Waals surface area (Å²) in [5.41, 5.74) is 0. The average Bonchev–Trinajstić information content (AvgIpc) is 1.67. The molecule has 0 rings (SSSR count). The highest BCUT2D eigenvalue weighted by atomic mass is 32.1. The third-order valence-corrected chi connectivity index (χ3v) is 1.42. The smallest absolute Gasteiger partial charge is 0.109 e. The molecule has 50 valence electrons. The maximum atomic E-state index is 8.40. The molecule has 0 aliphatic carbocycles. The van der Waals surface area contributed by atoms with E-state index in [2.05, 4.69) is 12.6 Å². The van der Waals surface area contributed by atoms with Crippen molar-refractivity contribution in [1.29, 1.82) is 0 Å². The zero-order chi connectivity index (χ0) is 6.62. The Morgan fingerprint density at radius 2 is 2.25 bits per heavy atom. The van der Waals surface area contributed by atoms with Crippen molar-refractivity contribution in [3.8, 4) is 0 Å². The third kappa shape index (κ3) is 3.29. The van der Waals surface area contributed by atoms with Crippen molar-refractivity contribution in [3.05, 3.63) is 0 Å². The van der Waals surface area contributed by atoms with Gasteiger partial charge in [0.1, 0.15) is 4.93 Å². The van der Waals surface area contributed by atoms with Gasteiger partial charge >= 0.3 is 0 Å². The zero-order valence-corrected chi connectivity index (χ0v) is 6.11. The molecule has 0 heterocycles. The molecule has 3 heteroatoms. The van der Waals surface area contributed by atoms with Gasteiger partial charge < -0.3 is 9.84 Å². The second-order valence-electron chi connectivity index (χ2n) is 1.85. The Bertz CT molecular complexity index is 63.4. The van der Waals surface area contributed by atoms with E-state index in [9.17, 15) is 0 Å². The molecular weight excluding hydrogens is 124 g/mol. The molecule has 0 aromatic carbocycles. The molecule has 0 saturated heterocycles. The Labute approximate surface area is 55.3 Å². The molecule has 0 aromatic rings. The summed E-state index contributed by atoms with van der Waals surface area (Å²) in [6.45, 7) is 1.93. The highest BCUT2D eigenvalue weighted by Gasteiger charge is 2.15. The normalized spacial score (nSPS) is 18.0. The largest absolute Gasteiger partial charge is 0.396 e. The first-order valence-corrected chi connectivity index (χ1v) is 2.95. The van der Waals surface area contributed by atoms with Gasteiger partial charge in [-0.2, -0.15) is 0 Å². The molecule has 0 saturated carbocycles. The summed E-state index contributed by atoms with van der Waals surface area (Å²) in [7, 11) is 1.57. The SMILES string of the molecule is COC(C)(S)CCO. The molecule has 0 aromatic heterocycles. The predicted octanol–water partition coefficient (Wildman–Crippen LogP) is 0.661. The monoisotopic (exact) mass is 136 g/mol. The average molecular weight is 136 g/mol. The molecule has 2 nitrogen and oxygen atoms in total. The second-order valence-corrected chi connectivity index (χ2v) is 2.80. The minimum Gasteiger partial charge on any atom is -0.396 e. The zero-order valence-electron chi connectivity index (χ0n) is 5.22. The van der Waals surface area contributed by atoms with Crippen LogP contribution in [0.2, 0.25) is 0 Å². The Morgan fingerprint density at radius 3 is 2.38 bits per heavy atom. The summed E-state index contributed by atoms with van der Waals surface area (Å²) in [5, 5.41) is 8.40. The van der Waals surface area contributed by atoms with Crippen LogP contribution in [-0.4, -0.2) is 23.8 Å². The number of rotatable bonds is 3. The molecular formula is C5H12O2S. The lowest BCUT2D eigenvalue weighted by Crippen LogP contribution is -2.20. The van der Waals surface area contributed by atoms with E-state index in [4.69, 9.17) is 9.84 Å². The highest BCUT2D eigenvalue weighted by molar-refractivity contribution is 7.81. The summed E-state index contributed by atoms with van der Waals surface area (Å²) in [5.74, 6) is 0. The highest BCUT2D eigenvalue weighted by Crippen LogP contribution is 2.17. The van der Waals surface area contributed by atoms with Crippen molar-refractivity contribution < 1.29 is 9.84 Å². The van der Waals surface area contributed by atoms with Gasteiger partial charge in [0.15, 0.2) is 0 Å². The number of aliphatic hydroxyl groups excluding tert-OH is 1. The van der Waals surface area contributed by atoms with Gasteiger partial charge in [-0.1, -0.05) is 0 Å². The van der Waals surface area contributed by atoms with Crippen LogP contribution in [0.3, 0.4) is 0 Å². The van der Waals surface area contributed by atoms with E-state index in [-0.39, 0.29) is 6.61 Å². The number of hydrogen-bond donors (Lipinski definition) is 2. The Hall–Kier alpha value is 0.270. The summed E-state index contributed by atoms with van der Waals surface area (Å²) < 4.78 is 4.88. The van der Waals surface area contributed by atoms with E-state index in [1.807, 2.05) is 6.92 Å². The van der Waals surface area contributed by atoms with E-state index in [1.165, 1.54) is 0 Å². The van der Waals surface area contributed by atoms with Crippen molar-refractivity contribution in [2.75, 3.05) is 13.7 Å². The molecule has 0 bridgehead atoms.